The number of nitrogens with zero attached hydrogens (tertiary/aromatic N) is 4. The van der Waals surface area contributed by atoms with E-state index in [1.807, 2.05) is 29.7 Å². The van der Waals surface area contributed by atoms with Crippen molar-refractivity contribution in [2.75, 3.05) is 11.9 Å². The molecule has 102 valence electrons. The molecule has 3 N–H and O–H groups in total. The molecule has 0 radical (unpaired) electrons. The van der Waals surface area contributed by atoms with Crippen molar-refractivity contribution in [3.05, 3.63) is 48.0 Å². The molecule has 3 rings (SSSR count). The van der Waals surface area contributed by atoms with E-state index in [4.69, 9.17) is 5.73 Å². The molecule has 0 unspecified atom stereocenters. The van der Waals surface area contributed by atoms with Crippen molar-refractivity contribution in [1.82, 2.24) is 19.6 Å². The summed E-state index contributed by atoms with van der Waals surface area (Å²) in [6.45, 7) is 2.57. The molecule has 0 aliphatic heterocycles. The molecule has 0 bridgehead atoms. The maximum absolute atomic E-state index is 5.54. The zero-order valence-electron chi connectivity index (χ0n) is 11.2. The lowest BCUT2D eigenvalue weighted by molar-refractivity contribution is 0.969. The number of hydrogen-bond donors (Lipinski definition) is 2. The fourth-order valence-corrected chi connectivity index (χ4v) is 2.09. The topological polar surface area (TPSA) is 81.1 Å². The average Bonchev–Trinajstić information content (AvgIpc) is 2.84. The summed E-state index contributed by atoms with van der Waals surface area (Å²) in [5.41, 5.74) is 8.45. The van der Waals surface area contributed by atoms with Gasteiger partial charge in [0.2, 0.25) is 5.65 Å². The largest absolute Gasteiger partial charge is 0.337 e. The molecule has 3 aromatic rings. The molecular weight excluding hydrogens is 252 g/mol. The van der Waals surface area contributed by atoms with Gasteiger partial charge in [0.25, 0.3) is 0 Å². The van der Waals surface area contributed by atoms with Crippen molar-refractivity contribution in [3.63, 3.8) is 0 Å². The standard InChI is InChI=1S/C14H16N6/c1-10-18-19-14-13(16-8-9-20(10)14)17-12-4-2-11(3-5-12)6-7-15/h2-5,8-9H,6-7,15H2,1H3,(H,16,17). The SMILES string of the molecule is Cc1nnc2c(Nc3ccc(CCN)cc3)nccn12. The zero-order valence-corrected chi connectivity index (χ0v) is 11.2. The van der Waals surface area contributed by atoms with Crippen LogP contribution in [0, 0.1) is 6.92 Å². The van der Waals surface area contributed by atoms with Crippen LogP contribution in [-0.4, -0.2) is 26.1 Å². The molecule has 2 aromatic heterocycles. The van der Waals surface area contributed by atoms with Gasteiger partial charge in [-0.3, -0.25) is 4.40 Å². The van der Waals surface area contributed by atoms with E-state index >= 15 is 0 Å². The van der Waals surface area contributed by atoms with Crippen LogP contribution < -0.4 is 11.1 Å². The Morgan fingerprint density at radius 3 is 2.75 bits per heavy atom. The number of nitrogens with two attached hydrogens (primary N) is 1. The van der Waals surface area contributed by atoms with Crippen molar-refractivity contribution >= 4 is 17.2 Å². The summed E-state index contributed by atoms with van der Waals surface area (Å²) in [7, 11) is 0. The van der Waals surface area contributed by atoms with E-state index in [2.05, 4.69) is 32.6 Å². The van der Waals surface area contributed by atoms with Crippen LogP contribution in [0.2, 0.25) is 0 Å². The Kier molecular flexibility index (Phi) is 3.30. The summed E-state index contributed by atoms with van der Waals surface area (Å²) in [6.07, 6.45) is 4.46. The van der Waals surface area contributed by atoms with Gasteiger partial charge in [-0.1, -0.05) is 12.1 Å². The van der Waals surface area contributed by atoms with Crippen LogP contribution in [0.3, 0.4) is 0 Å². The minimum Gasteiger partial charge on any atom is -0.337 e. The number of fused-ring (bicyclic) bond motifs is 1. The van der Waals surface area contributed by atoms with Gasteiger partial charge in [0.1, 0.15) is 5.82 Å². The number of aryl methyl sites for hydroxylation is 1. The second kappa shape index (κ2) is 5.26. The number of benzene rings is 1. The summed E-state index contributed by atoms with van der Waals surface area (Å²) in [5, 5.41) is 11.5. The Morgan fingerprint density at radius 2 is 2.00 bits per heavy atom. The van der Waals surface area contributed by atoms with E-state index < -0.39 is 0 Å². The van der Waals surface area contributed by atoms with E-state index in [9.17, 15) is 0 Å². The first-order valence-corrected chi connectivity index (χ1v) is 6.50. The Balaban J connectivity index is 1.89. The number of anilines is 2. The maximum atomic E-state index is 5.54. The Hall–Kier alpha value is -2.47. The second-order valence-corrected chi connectivity index (χ2v) is 4.58. The number of hydrogen-bond acceptors (Lipinski definition) is 5. The van der Waals surface area contributed by atoms with Crippen LogP contribution in [0.15, 0.2) is 36.7 Å². The van der Waals surface area contributed by atoms with Gasteiger partial charge in [-0.05, 0) is 37.6 Å². The first kappa shape index (κ1) is 12.6. The second-order valence-electron chi connectivity index (χ2n) is 4.58. The zero-order chi connectivity index (χ0) is 13.9. The molecule has 0 spiro atoms. The van der Waals surface area contributed by atoms with Gasteiger partial charge in [0, 0.05) is 18.1 Å². The maximum Gasteiger partial charge on any atom is 0.204 e. The number of nitrogens with one attached hydrogen (secondary N) is 1. The first-order valence-electron chi connectivity index (χ1n) is 6.50. The van der Waals surface area contributed by atoms with Crippen LogP contribution >= 0.6 is 0 Å². The van der Waals surface area contributed by atoms with E-state index in [0.29, 0.717) is 12.4 Å². The van der Waals surface area contributed by atoms with E-state index in [-0.39, 0.29) is 0 Å². The highest BCUT2D eigenvalue weighted by Crippen LogP contribution is 2.19. The Bertz CT molecular complexity index is 716. The molecule has 0 saturated heterocycles. The highest BCUT2D eigenvalue weighted by Gasteiger charge is 2.07. The lowest BCUT2D eigenvalue weighted by atomic mass is 10.1. The third kappa shape index (κ3) is 2.33. The highest BCUT2D eigenvalue weighted by atomic mass is 15.3. The predicted molar refractivity (Wildman–Crippen MR) is 78.0 cm³/mol. The third-order valence-corrected chi connectivity index (χ3v) is 3.15. The minimum atomic E-state index is 0.659. The molecular formula is C14H16N6. The fourth-order valence-electron chi connectivity index (χ4n) is 2.09. The molecule has 1 aromatic carbocycles. The van der Waals surface area contributed by atoms with Crippen molar-refractivity contribution in [2.24, 2.45) is 5.73 Å². The van der Waals surface area contributed by atoms with Crippen LogP contribution in [0.4, 0.5) is 11.5 Å². The van der Waals surface area contributed by atoms with E-state index in [0.717, 1.165) is 23.6 Å². The summed E-state index contributed by atoms with van der Waals surface area (Å²) in [6, 6.07) is 8.15. The van der Waals surface area contributed by atoms with E-state index in [1.165, 1.54) is 5.56 Å². The fraction of sp³-hybridized carbons (Fsp3) is 0.214. The lowest BCUT2D eigenvalue weighted by Gasteiger charge is -2.07. The minimum absolute atomic E-state index is 0.659. The van der Waals surface area contributed by atoms with Crippen molar-refractivity contribution in [2.45, 2.75) is 13.3 Å². The molecule has 0 fully saturated rings. The van der Waals surface area contributed by atoms with Crippen molar-refractivity contribution in [3.8, 4) is 0 Å². The molecule has 20 heavy (non-hydrogen) atoms. The van der Waals surface area contributed by atoms with Crippen LogP contribution in [0.1, 0.15) is 11.4 Å². The molecule has 0 atom stereocenters. The van der Waals surface area contributed by atoms with Gasteiger partial charge in [-0.2, -0.15) is 0 Å². The normalized spacial score (nSPS) is 10.9. The van der Waals surface area contributed by atoms with Gasteiger partial charge in [-0.15, -0.1) is 10.2 Å². The molecule has 0 amide bonds. The highest BCUT2D eigenvalue weighted by molar-refractivity contribution is 5.69. The molecule has 0 aliphatic carbocycles. The predicted octanol–water partition coefficient (Wildman–Crippen LogP) is 1.68. The van der Waals surface area contributed by atoms with Crippen LogP contribution in [0.25, 0.3) is 5.65 Å². The van der Waals surface area contributed by atoms with Crippen molar-refractivity contribution in [1.29, 1.82) is 0 Å². The summed E-state index contributed by atoms with van der Waals surface area (Å²) in [5.74, 6) is 1.53. The monoisotopic (exact) mass is 268 g/mol. The van der Waals surface area contributed by atoms with Crippen molar-refractivity contribution < 1.29 is 0 Å². The summed E-state index contributed by atoms with van der Waals surface area (Å²) < 4.78 is 1.90. The molecule has 0 aliphatic rings. The van der Waals surface area contributed by atoms with Crippen LogP contribution in [-0.2, 0) is 6.42 Å². The number of rotatable bonds is 4. The first-order chi connectivity index (χ1) is 9.78. The molecule has 6 heteroatoms. The average molecular weight is 268 g/mol. The molecule has 2 heterocycles. The third-order valence-electron chi connectivity index (χ3n) is 3.15. The van der Waals surface area contributed by atoms with Gasteiger partial charge in [0.15, 0.2) is 5.82 Å². The summed E-state index contributed by atoms with van der Waals surface area (Å²) >= 11 is 0. The van der Waals surface area contributed by atoms with Gasteiger partial charge >= 0.3 is 0 Å². The van der Waals surface area contributed by atoms with Gasteiger partial charge in [0.05, 0.1) is 0 Å². The Morgan fingerprint density at radius 1 is 1.20 bits per heavy atom. The van der Waals surface area contributed by atoms with Gasteiger partial charge < -0.3 is 11.1 Å². The lowest BCUT2D eigenvalue weighted by Crippen LogP contribution is -2.03. The quantitative estimate of drug-likeness (QED) is 0.752. The Labute approximate surface area is 116 Å². The van der Waals surface area contributed by atoms with E-state index in [1.54, 1.807) is 6.20 Å². The van der Waals surface area contributed by atoms with Gasteiger partial charge in [-0.25, -0.2) is 4.98 Å². The number of aromatic nitrogens is 4. The molecule has 6 nitrogen and oxygen atoms in total. The molecule has 0 saturated carbocycles. The van der Waals surface area contributed by atoms with Crippen LogP contribution in [0.5, 0.6) is 0 Å². The smallest absolute Gasteiger partial charge is 0.204 e. The summed E-state index contributed by atoms with van der Waals surface area (Å²) in [4.78, 5) is 4.32.